The number of isocyanates is 1. The van der Waals surface area contributed by atoms with E-state index in [1.807, 2.05) is 13.8 Å². The molecule has 0 saturated heterocycles. The number of nitrogens with zero attached hydrogens (tertiary/aromatic N) is 1. The van der Waals surface area contributed by atoms with Gasteiger partial charge in [-0.15, -0.1) is 0 Å². The Balaban J connectivity index is 3.13. The maximum Gasteiger partial charge on any atom is 0.234 e. The van der Waals surface area contributed by atoms with Gasteiger partial charge < -0.3 is 0 Å². The van der Waals surface area contributed by atoms with Crippen molar-refractivity contribution in [2.24, 2.45) is 10.9 Å². The van der Waals surface area contributed by atoms with Crippen molar-refractivity contribution in [1.82, 2.24) is 0 Å². The zero-order valence-corrected chi connectivity index (χ0v) is 4.64. The van der Waals surface area contributed by atoms with E-state index in [2.05, 4.69) is 4.99 Å². The lowest BCUT2D eigenvalue weighted by Crippen LogP contribution is -1.89. The van der Waals surface area contributed by atoms with Gasteiger partial charge in [0.15, 0.2) is 0 Å². The maximum absolute atomic E-state index is 9.42. The van der Waals surface area contributed by atoms with Gasteiger partial charge in [-0.25, -0.2) is 9.79 Å². The molecule has 0 bridgehead atoms. The van der Waals surface area contributed by atoms with Gasteiger partial charge in [-0.05, 0) is 5.92 Å². The fourth-order valence-electron chi connectivity index (χ4n) is 0.220. The molecule has 0 aromatic heterocycles. The van der Waals surface area contributed by atoms with Gasteiger partial charge in [0.05, 0.1) is 6.54 Å². The molecule has 0 N–H and O–H groups in total. The van der Waals surface area contributed by atoms with Crippen LogP contribution in [0, 0.1) is 5.92 Å². The molecule has 0 heterocycles. The number of hydrogen-bond donors (Lipinski definition) is 0. The molecule has 0 aromatic rings. The van der Waals surface area contributed by atoms with E-state index in [0.29, 0.717) is 12.5 Å². The summed E-state index contributed by atoms with van der Waals surface area (Å²) in [6, 6.07) is 0. The molecule has 0 spiro atoms. The predicted octanol–water partition coefficient (Wildman–Crippen LogP) is 0.978. The minimum absolute atomic E-state index is 0.474. The van der Waals surface area contributed by atoms with E-state index in [4.69, 9.17) is 0 Å². The highest BCUT2D eigenvalue weighted by Crippen LogP contribution is 1.88. The third-order valence-electron chi connectivity index (χ3n) is 0.521. The van der Waals surface area contributed by atoms with Crippen LogP contribution in [0.1, 0.15) is 13.8 Å². The van der Waals surface area contributed by atoms with Gasteiger partial charge >= 0.3 is 0 Å². The molecule has 0 aliphatic carbocycles. The maximum atomic E-state index is 9.42. The van der Waals surface area contributed by atoms with Crippen LogP contribution in [-0.4, -0.2) is 12.6 Å². The van der Waals surface area contributed by atoms with Gasteiger partial charge in [-0.2, -0.15) is 0 Å². The molecule has 2 heteroatoms. The molecular weight excluding hydrogens is 90.1 g/mol. The zero-order valence-electron chi connectivity index (χ0n) is 4.64. The summed E-state index contributed by atoms with van der Waals surface area (Å²) in [6.07, 6.45) is 1.47. The summed E-state index contributed by atoms with van der Waals surface area (Å²) in [4.78, 5) is 12.8. The second-order valence-corrected chi connectivity index (χ2v) is 1.83. The van der Waals surface area contributed by atoms with Crippen molar-refractivity contribution in [3.8, 4) is 0 Å². The lowest BCUT2D eigenvalue weighted by molar-refractivity contribution is 0.558. The van der Waals surface area contributed by atoms with E-state index < -0.39 is 0 Å². The van der Waals surface area contributed by atoms with E-state index in [-0.39, 0.29) is 0 Å². The quantitative estimate of drug-likeness (QED) is 0.375. The molecule has 0 aliphatic rings. The Bertz CT molecular complexity index is 82.1. The molecule has 0 atom stereocenters. The molecule has 0 aliphatic heterocycles. The zero-order chi connectivity index (χ0) is 5.70. The third-order valence-corrected chi connectivity index (χ3v) is 0.521. The van der Waals surface area contributed by atoms with Crippen LogP contribution in [0.3, 0.4) is 0 Å². The Morgan fingerprint density at radius 3 is 2.43 bits per heavy atom. The Morgan fingerprint density at radius 1 is 1.71 bits per heavy atom. The molecule has 0 amide bonds. The molecule has 0 fully saturated rings. The van der Waals surface area contributed by atoms with Crippen LogP contribution >= 0.6 is 0 Å². The lowest BCUT2D eigenvalue weighted by Gasteiger charge is -1.90. The lowest BCUT2D eigenvalue weighted by atomic mass is 10.2. The summed E-state index contributed by atoms with van der Waals surface area (Å²) in [5.74, 6) is 0.474. The van der Waals surface area contributed by atoms with E-state index in [1.54, 1.807) is 0 Å². The predicted molar refractivity (Wildman–Crippen MR) is 27.8 cm³/mol. The Morgan fingerprint density at radius 2 is 2.29 bits per heavy atom. The van der Waals surface area contributed by atoms with E-state index in [0.717, 1.165) is 0 Å². The second kappa shape index (κ2) is 3.57. The normalized spacial score (nSPS) is 8.43. The summed E-state index contributed by atoms with van der Waals surface area (Å²) < 4.78 is 0. The van der Waals surface area contributed by atoms with Crippen LogP contribution < -0.4 is 0 Å². The number of hydrogen-bond acceptors (Lipinski definition) is 2. The van der Waals surface area contributed by atoms with Crippen LogP contribution in [0.15, 0.2) is 4.99 Å². The monoisotopic (exact) mass is 99.1 g/mol. The molecular formula is C5H9NO. The highest BCUT2D eigenvalue weighted by molar-refractivity contribution is 5.32. The van der Waals surface area contributed by atoms with Crippen LogP contribution in [0.5, 0.6) is 0 Å². The molecule has 0 unspecified atom stereocenters. The molecule has 0 radical (unpaired) electrons. The summed E-state index contributed by atoms with van der Waals surface area (Å²) in [6.45, 7) is 4.60. The first-order valence-electron chi connectivity index (χ1n) is 2.31. The van der Waals surface area contributed by atoms with Crippen molar-refractivity contribution < 1.29 is 4.79 Å². The van der Waals surface area contributed by atoms with Gasteiger partial charge in [0.2, 0.25) is 6.08 Å². The van der Waals surface area contributed by atoms with Gasteiger partial charge in [0.1, 0.15) is 0 Å². The third kappa shape index (κ3) is 5.38. The first-order chi connectivity index (χ1) is 3.27. The summed E-state index contributed by atoms with van der Waals surface area (Å²) in [5.41, 5.74) is 0. The minimum atomic E-state index is 0.474. The average molecular weight is 99.1 g/mol. The van der Waals surface area contributed by atoms with Gasteiger partial charge in [0.25, 0.3) is 0 Å². The van der Waals surface area contributed by atoms with E-state index >= 15 is 0 Å². The van der Waals surface area contributed by atoms with Crippen molar-refractivity contribution in [2.45, 2.75) is 13.8 Å². The van der Waals surface area contributed by atoms with Crippen LogP contribution in [0.25, 0.3) is 0 Å². The smallest absolute Gasteiger partial charge is 0.211 e. The van der Waals surface area contributed by atoms with Gasteiger partial charge in [0, 0.05) is 0 Å². The van der Waals surface area contributed by atoms with Crippen LogP contribution in [0.2, 0.25) is 0 Å². The van der Waals surface area contributed by atoms with Gasteiger partial charge in [-0.1, -0.05) is 13.8 Å². The highest BCUT2D eigenvalue weighted by atomic mass is 16.1. The highest BCUT2D eigenvalue weighted by Gasteiger charge is 1.85. The second-order valence-electron chi connectivity index (χ2n) is 1.83. The van der Waals surface area contributed by atoms with Crippen molar-refractivity contribution in [3.63, 3.8) is 0 Å². The van der Waals surface area contributed by atoms with Crippen molar-refractivity contribution in [1.29, 1.82) is 0 Å². The van der Waals surface area contributed by atoms with Crippen LogP contribution in [0.4, 0.5) is 0 Å². The summed E-state index contributed by atoms with van der Waals surface area (Å²) in [7, 11) is 0. The van der Waals surface area contributed by atoms with Crippen molar-refractivity contribution in [3.05, 3.63) is 0 Å². The molecule has 0 rings (SSSR count). The first-order valence-corrected chi connectivity index (χ1v) is 2.31. The van der Waals surface area contributed by atoms with Crippen molar-refractivity contribution >= 4 is 6.08 Å². The first kappa shape index (κ1) is 6.38. The minimum Gasteiger partial charge on any atom is -0.211 e. The topological polar surface area (TPSA) is 29.4 Å². The summed E-state index contributed by atoms with van der Waals surface area (Å²) >= 11 is 0. The fourth-order valence-corrected chi connectivity index (χ4v) is 0.220. The fraction of sp³-hybridized carbons (Fsp3) is 0.800. The largest absolute Gasteiger partial charge is 0.234 e. The molecule has 40 valence electrons. The van der Waals surface area contributed by atoms with E-state index in [9.17, 15) is 4.79 Å². The van der Waals surface area contributed by atoms with Crippen molar-refractivity contribution in [2.75, 3.05) is 6.54 Å². The Labute approximate surface area is 43.3 Å². The molecule has 0 saturated carbocycles. The number of aliphatic imine (C=N–C) groups is 1. The van der Waals surface area contributed by atoms with Gasteiger partial charge in [-0.3, -0.25) is 0 Å². The Hall–Kier alpha value is -0.620. The average Bonchev–Trinajstić information content (AvgIpc) is 1.61. The summed E-state index contributed by atoms with van der Waals surface area (Å²) in [5, 5.41) is 0. The standard InChI is InChI=1S/C5H9NO/c1-5(2)3-6-4-7/h5H,3H2,1-2H3. The van der Waals surface area contributed by atoms with E-state index in [1.165, 1.54) is 6.08 Å². The SMILES string of the molecule is CC(C)CN=C=O. The van der Waals surface area contributed by atoms with Crippen LogP contribution in [-0.2, 0) is 4.79 Å². The number of rotatable bonds is 2. The molecule has 7 heavy (non-hydrogen) atoms. The number of carbonyl (C=O) groups excluding carboxylic acids is 1. The molecule has 2 nitrogen and oxygen atoms in total. The molecule has 0 aromatic carbocycles. The Kier molecular flexibility index (Phi) is 3.25.